The van der Waals surface area contributed by atoms with Crippen molar-refractivity contribution in [2.24, 2.45) is 0 Å². The predicted octanol–water partition coefficient (Wildman–Crippen LogP) is 4.12. The molecule has 1 aromatic carbocycles. The van der Waals surface area contributed by atoms with Crippen molar-refractivity contribution in [2.45, 2.75) is 38.5 Å². The van der Waals surface area contributed by atoms with E-state index in [2.05, 4.69) is 11.4 Å². The minimum Gasteiger partial charge on any atom is -0.489 e. The average Bonchev–Trinajstić information content (AvgIpc) is 2.81. The van der Waals surface area contributed by atoms with Gasteiger partial charge in [-0.05, 0) is 44.2 Å². The van der Waals surface area contributed by atoms with E-state index in [0.29, 0.717) is 41.8 Å². The van der Waals surface area contributed by atoms with Gasteiger partial charge in [0, 0.05) is 18.5 Å². The smallest absolute Gasteiger partial charge is 0.251 e. The van der Waals surface area contributed by atoms with E-state index in [0.717, 1.165) is 19.3 Å². The van der Waals surface area contributed by atoms with E-state index in [9.17, 15) is 4.79 Å². The third kappa shape index (κ3) is 4.20. The first-order valence-electron chi connectivity index (χ1n) is 8.29. The molecule has 23 heavy (non-hydrogen) atoms. The van der Waals surface area contributed by atoms with E-state index >= 15 is 0 Å². The van der Waals surface area contributed by atoms with Gasteiger partial charge in [0.2, 0.25) is 0 Å². The lowest BCUT2D eigenvalue weighted by Gasteiger charge is -2.14. The standard InChI is InChI=1S/C18H22ClNO3/c19-15-11-14(12-16-17(15)23-10-4-9-22-16)18(21)20-8-7-13-5-2-1-3-6-13/h5,11-12H,1-4,6-10H2,(H,20,21). The molecule has 0 atom stereocenters. The number of carbonyl (C=O) groups excluding carboxylic acids is 1. The van der Waals surface area contributed by atoms with E-state index in [-0.39, 0.29) is 5.91 Å². The zero-order chi connectivity index (χ0) is 16.1. The second-order valence-electron chi connectivity index (χ2n) is 5.95. The van der Waals surface area contributed by atoms with Crippen LogP contribution < -0.4 is 14.8 Å². The number of halogens is 1. The van der Waals surface area contributed by atoms with Gasteiger partial charge in [-0.2, -0.15) is 0 Å². The highest BCUT2D eigenvalue weighted by Crippen LogP contribution is 2.37. The summed E-state index contributed by atoms with van der Waals surface area (Å²) in [6.45, 7) is 1.80. The zero-order valence-corrected chi connectivity index (χ0v) is 14.0. The van der Waals surface area contributed by atoms with Gasteiger partial charge in [-0.1, -0.05) is 23.3 Å². The van der Waals surface area contributed by atoms with Crippen molar-refractivity contribution in [3.63, 3.8) is 0 Å². The highest BCUT2D eigenvalue weighted by atomic mass is 35.5. The maximum absolute atomic E-state index is 12.3. The number of rotatable bonds is 4. The fraction of sp³-hybridized carbons (Fsp3) is 0.500. The summed E-state index contributed by atoms with van der Waals surface area (Å²) in [4.78, 5) is 12.3. The second-order valence-corrected chi connectivity index (χ2v) is 6.36. The lowest BCUT2D eigenvalue weighted by atomic mass is 9.97. The number of hydrogen-bond acceptors (Lipinski definition) is 3. The summed E-state index contributed by atoms with van der Waals surface area (Å²) < 4.78 is 11.2. The van der Waals surface area contributed by atoms with Crippen LogP contribution >= 0.6 is 11.6 Å². The Bertz CT molecular complexity index is 613. The predicted molar refractivity (Wildman–Crippen MR) is 90.6 cm³/mol. The van der Waals surface area contributed by atoms with Gasteiger partial charge in [0.15, 0.2) is 11.5 Å². The third-order valence-electron chi connectivity index (χ3n) is 4.18. The molecule has 0 unspecified atom stereocenters. The van der Waals surface area contributed by atoms with E-state index in [4.69, 9.17) is 21.1 Å². The van der Waals surface area contributed by atoms with Crippen LogP contribution in [0.5, 0.6) is 11.5 Å². The first-order chi connectivity index (χ1) is 11.2. The molecule has 1 N–H and O–H groups in total. The van der Waals surface area contributed by atoms with E-state index in [1.54, 1.807) is 12.1 Å². The summed E-state index contributed by atoms with van der Waals surface area (Å²) in [5.41, 5.74) is 1.96. The Kier molecular flexibility index (Phi) is 5.44. The lowest BCUT2D eigenvalue weighted by Crippen LogP contribution is -2.25. The van der Waals surface area contributed by atoms with Gasteiger partial charge >= 0.3 is 0 Å². The van der Waals surface area contributed by atoms with Crippen molar-refractivity contribution in [3.8, 4) is 11.5 Å². The number of nitrogens with one attached hydrogen (secondary N) is 1. The van der Waals surface area contributed by atoms with Crippen molar-refractivity contribution in [2.75, 3.05) is 19.8 Å². The van der Waals surface area contributed by atoms with E-state index < -0.39 is 0 Å². The molecular weight excluding hydrogens is 314 g/mol. The molecule has 1 amide bonds. The molecule has 4 nitrogen and oxygen atoms in total. The minimum absolute atomic E-state index is 0.126. The SMILES string of the molecule is O=C(NCCC1=CCCCC1)c1cc(Cl)c2c(c1)OCCCO2. The Morgan fingerprint density at radius 1 is 1.17 bits per heavy atom. The number of carbonyl (C=O) groups is 1. The normalized spacial score (nSPS) is 17.2. The van der Waals surface area contributed by atoms with Crippen molar-refractivity contribution in [1.29, 1.82) is 0 Å². The molecule has 0 aromatic heterocycles. The summed E-state index contributed by atoms with van der Waals surface area (Å²) >= 11 is 6.23. The number of fused-ring (bicyclic) bond motifs is 1. The minimum atomic E-state index is -0.126. The third-order valence-corrected chi connectivity index (χ3v) is 4.46. The molecule has 3 rings (SSSR count). The van der Waals surface area contributed by atoms with Gasteiger partial charge in [0.05, 0.1) is 18.2 Å². The highest BCUT2D eigenvalue weighted by Gasteiger charge is 2.18. The molecule has 1 heterocycles. The summed E-state index contributed by atoms with van der Waals surface area (Å²) in [6.07, 6.45) is 8.90. The lowest BCUT2D eigenvalue weighted by molar-refractivity contribution is 0.0953. The molecule has 2 aliphatic rings. The molecule has 0 saturated carbocycles. The quantitative estimate of drug-likeness (QED) is 0.842. The Labute approximate surface area is 141 Å². The Balaban J connectivity index is 1.62. The maximum Gasteiger partial charge on any atom is 0.251 e. The Hall–Kier alpha value is -1.68. The molecule has 1 aliphatic heterocycles. The van der Waals surface area contributed by atoms with Gasteiger partial charge in [0.25, 0.3) is 5.91 Å². The number of hydrogen-bond donors (Lipinski definition) is 1. The number of benzene rings is 1. The molecule has 0 saturated heterocycles. The molecule has 1 aromatic rings. The van der Waals surface area contributed by atoms with Crippen LogP contribution in [0.25, 0.3) is 0 Å². The summed E-state index contributed by atoms with van der Waals surface area (Å²) in [5.74, 6) is 0.960. The van der Waals surface area contributed by atoms with E-state index in [1.165, 1.54) is 24.8 Å². The fourth-order valence-corrected chi connectivity index (χ4v) is 3.20. The number of amides is 1. The molecular formula is C18H22ClNO3. The van der Waals surface area contributed by atoms with Gasteiger partial charge in [-0.15, -0.1) is 0 Å². The summed E-state index contributed by atoms with van der Waals surface area (Å²) in [7, 11) is 0. The number of ether oxygens (including phenoxy) is 2. The molecule has 1 aliphatic carbocycles. The second kappa shape index (κ2) is 7.73. The highest BCUT2D eigenvalue weighted by molar-refractivity contribution is 6.32. The van der Waals surface area contributed by atoms with Crippen LogP contribution in [0.1, 0.15) is 48.9 Å². The Morgan fingerprint density at radius 3 is 2.87 bits per heavy atom. The van der Waals surface area contributed by atoms with Gasteiger partial charge < -0.3 is 14.8 Å². The Morgan fingerprint density at radius 2 is 2.04 bits per heavy atom. The largest absolute Gasteiger partial charge is 0.489 e. The number of allylic oxidation sites excluding steroid dienone is 1. The summed E-state index contributed by atoms with van der Waals surface area (Å²) in [5, 5.41) is 3.38. The summed E-state index contributed by atoms with van der Waals surface area (Å²) in [6, 6.07) is 3.35. The first kappa shape index (κ1) is 16.2. The molecule has 0 spiro atoms. The van der Waals surface area contributed by atoms with E-state index in [1.807, 2.05) is 0 Å². The van der Waals surface area contributed by atoms with Crippen molar-refractivity contribution >= 4 is 17.5 Å². The fourth-order valence-electron chi connectivity index (χ4n) is 2.93. The molecule has 0 bridgehead atoms. The van der Waals surface area contributed by atoms with Crippen LogP contribution in [-0.2, 0) is 0 Å². The topological polar surface area (TPSA) is 47.6 Å². The molecule has 124 valence electrons. The van der Waals surface area contributed by atoms with Gasteiger partial charge in [-0.25, -0.2) is 0 Å². The molecule has 5 heteroatoms. The van der Waals surface area contributed by atoms with Crippen molar-refractivity contribution < 1.29 is 14.3 Å². The monoisotopic (exact) mass is 335 g/mol. The van der Waals surface area contributed by atoms with Gasteiger partial charge in [0.1, 0.15) is 0 Å². The average molecular weight is 336 g/mol. The molecule has 0 radical (unpaired) electrons. The van der Waals surface area contributed by atoms with Crippen LogP contribution in [0.4, 0.5) is 0 Å². The van der Waals surface area contributed by atoms with Crippen molar-refractivity contribution in [1.82, 2.24) is 5.32 Å². The van der Waals surface area contributed by atoms with Crippen LogP contribution in [0, 0.1) is 0 Å². The first-order valence-corrected chi connectivity index (χ1v) is 8.67. The zero-order valence-electron chi connectivity index (χ0n) is 13.2. The van der Waals surface area contributed by atoms with Crippen molar-refractivity contribution in [3.05, 3.63) is 34.4 Å². The maximum atomic E-state index is 12.3. The van der Waals surface area contributed by atoms with Crippen LogP contribution in [0.2, 0.25) is 5.02 Å². The van der Waals surface area contributed by atoms with Crippen LogP contribution in [-0.4, -0.2) is 25.7 Å². The van der Waals surface area contributed by atoms with Crippen LogP contribution in [0.3, 0.4) is 0 Å². The van der Waals surface area contributed by atoms with Crippen LogP contribution in [0.15, 0.2) is 23.8 Å². The molecule has 0 fully saturated rings. The van der Waals surface area contributed by atoms with Gasteiger partial charge in [-0.3, -0.25) is 4.79 Å².